The van der Waals surface area contributed by atoms with Crippen molar-refractivity contribution < 1.29 is 39.5 Å². The zero-order valence-corrected chi connectivity index (χ0v) is 13.2. The molecule has 0 aliphatic heterocycles. The fraction of sp³-hybridized carbons (Fsp3) is 0.400. The van der Waals surface area contributed by atoms with Gasteiger partial charge in [-0.15, -0.1) is 10.2 Å². The molecule has 1 saturated carbocycles. The number of nitrogens with zero attached hydrogens (tertiary/aromatic N) is 4. The van der Waals surface area contributed by atoms with Crippen LogP contribution in [0.5, 0.6) is 0 Å². The van der Waals surface area contributed by atoms with Crippen molar-refractivity contribution in [2.45, 2.75) is 25.3 Å². The molecule has 1 aliphatic rings. The van der Waals surface area contributed by atoms with Gasteiger partial charge in [0.1, 0.15) is 5.97 Å². The largest absolute Gasteiger partial charge is 1.00 e. The third-order valence-corrected chi connectivity index (χ3v) is 3.71. The first-order valence-electron chi connectivity index (χ1n) is 5.59. The van der Waals surface area contributed by atoms with Crippen LogP contribution in [0.3, 0.4) is 0 Å². The molecular weight excluding hydrogens is 277 g/mol. The molecule has 1 N–H and O–H groups in total. The Balaban J connectivity index is 0.00000133. The van der Waals surface area contributed by atoms with E-state index in [1.165, 1.54) is 6.42 Å². The van der Waals surface area contributed by atoms with Crippen molar-refractivity contribution >= 4 is 28.3 Å². The molecule has 0 aromatic carbocycles. The van der Waals surface area contributed by atoms with Gasteiger partial charge in [-0.05, 0) is 19.3 Å². The predicted molar refractivity (Wildman–Crippen MR) is 62.6 cm³/mol. The maximum atomic E-state index is 10.6. The van der Waals surface area contributed by atoms with Crippen molar-refractivity contribution in [2.75, 3.05) is 5.32 Å². The predicted octanol–water partition coefficient (Wildman–Crippen LogP) is -2.43. The number of aromatic nitrogens is 4. The SMILES string of the molecule is O=C([O-])c1nnc(Nc2ccn(C3CCC3)n2)s1.[Na+]. The first-order chi connectivity index (χ1) is 8.72. The third-order valence-electron chi connectivity index (χ3n) is 2.89. The van der Waals surface area contributed by atoms with Crippen LogP contribution in [0.4, 0.5) is 10.9 Å². The van der Waals surface area contributed by atoms with Gasteiger partial charge in [0.15, 0.2) is 10.8 Å². The number of carboxylic acids is 1. The molecule has 0 amide bonds. The second kappa shape index (κ2) is 6.00. The number of aromatic carboxylic acids is 1. The fourth-order valence-corrected chi connectivity index (χ4v) is 2.31. The van der Waals surface area contributed by atoms with Crippen LogP contribution < -0.4 is 40.0 Å². The van der Waals surface area contributed by atoms with Gasteiger partial charge in [0.05, 0.1) is 6.04 Å². The van der Waals surface area contributed by atoms with Crippen LogP contribution in [0.15, 0.2) is 12.3 Å². The standard InChI is InChI=1S/C10H11N5O2S.Na/c16-9(17)8-12-13-10(18-8)11-7-4-5-15(14-7)6-2-1-3-6;/h4-6H,1-3H2,(H,16,17)(H,11,13,14);/q;+1/p-1. The van der Waals surface area contributed by atoms with Crippen molar-refractivity contribution in [1.29, 1.82) is 0 Å². The van der Waals surface area contributed by atoms with Gasteiger partial charge < -0.3 is 15.2 Å². The number of hydrogen-bond acceptors (Lipinski definition) is 7. The van der Waals surface area contributed by atoms with E-state index in [-0.39, 0.29) is 34.6 Å². The van der Waals surface area contributed by atoms with Crippen LogP contribution in [0.1, 0.15) is 35.1 Å². The van der Waals surface area contributed by atoms with Gasteiger partial charge in [0, 0.05) is 12.3 Å². The number of hydrogen-bond donors (Lipinski definition) is 1. The quantitative estimate of drug-likeness (QED) is 0.628. The van der Waals surface area contributed by atoms with Crippen LogP contribution >= 0.6 is 11.3 Å². The minimum absolute atomic E-state index is 0. The first-order valence-corrected chi connectivity index (χ1v) is 6.41. The number of carbonyl (C=O) groups excluding carboxylic acids is 1. The summed E-state index contributed by atoms with van der Waals surface area (Å²) in [6, 6.07) is 2.33. The third kappa shape index (κ3) is 3.14. The smallest absolute Gasteiger partial charge is 0.542 e. The summed E-state index contributed by atoms with van der Waals surface area (Å²) in [6.45, 7) is 0. The van der Waals surface area contributed by atoms with Crippen molar-refractivity contribution in [3.8, 4) is 0 Å². The summed E-state index contributed by atoms with van der Waals surface area (Å²) in [6.07, 6.45) is 5.48. The van der Waals surface area contributed by atoms with Gasteiger partial charge in [-0.2, -0.15) is 5.10 Å². The van der Waals surface area contributed by atoms with Crippen molar-refractivity contribution in [1.82, 2.24) is 20.0 Å². The van der Waals surface area contributed by atoms with E-state index in [0.717, 1.165) is 24.2 Å². The summed E-state index contributed by atoms with van der Waals surface area (Å²) in [5.74, 6) is -0.677. The van der Waals surface area contributed by atoms with Crippen LogP contribution in [0, 0.1) is 0 Å². The monoisotopic (exact) mass is 287 g/mol. The van der Waals surface area contributed by atoms with Gasteiger partial charge >= 0.3 is 29.6 Å². The van der Waals surface area contributed by atoms with E-state index < -0.39 is 5.97 Å². The van der Waals surface area contributed by atoms with Crippen LogP contribution in [0.25, 0.3) is 0 Å². The van der Waals surface area contributed by atoms with E-state index in [1.54, 1.807) is 0 Å². The molecule has 7 nitrogen and oxygen atoms in total. The van der Waals surface area contributed by atoms with Crippen LogP contribution in [-0.2, 0) is 0 Å². The molecule has 1 aliphatic carbocycles. The first kappa shape index (κ1) is 14.4. The summed E-state index contributed by atoms with van der Waals surface area (Å²) in [7, 11) is 0. The molecule has 0 atom stereocenters. The minimum Gasteiger partial charge on any atom is -0.542 e. The van der Waals surface area contributed by atoms with Gasteiger partial charge in [0.25, 0.3) is 0 Å². The second-order valence-corrected chi connectivity index (χ2v) is 5.07. The summed E-state index contributed by atoms with van der Waals surface area (Å²) >= 11 is 0.929. The zero-order chi connectivity index (χ0) is 12.5. The Labute approximate surface area is 135 Å². The number of anilines is 2. The number of nitrogens with one attached hydrogen (secondary N) is 1. The Kier molecular flexibility index (Phi) is 4.56. The molecule has 2 aromatic heterocycles. The molecule has 0 bridgehead atoms. The normalized spacial score (nSPS) is 14.5. The Morgan fingerprint density at radius 3 is 2.84 bits per heavy atom. The van der Waals surface area contributed by atoms with Crippen molar-refractivity contribution in [3.63, 3.8) is 0 Å². The molecule has 3 rings (SSSR count). The van der Waals surface area contributed by atoms with Crippen LogP contribution in [-0.4, -0.2) is 25.9 Å². The Bertz CT molecular complexity index is 580. The van der Waals surface area contributed by atoms with E-state index in [9.17, 15) is 9.90 Å². The average Bonchev–Trinajstić information content (AvgIpc) is 2.86. The van der Waals surface area contributed by atoms with E-state index in [4.69, 9.17) is 0 Å². The Morgan fingerprint density at radius 1 is 1.47 bits per heavy atom. The summed E-state index contributed by atoms with van der Waals surface area (Å²) in [5, 5.41) is 25.3. The molecule has 0 spiro atoms. The van der Waals surface area contributed by atoms with Gasteiger partial charge in [-0.25, -0.2) is 0 Å². The molecule has 94 valence electrons. The molecule has 2 heterocycles. The molecule has 1 fully saturated rings. The van der Waals surface area contributed by atoms with Gasteiger partial charge in [-0.1, -0.05) is 11.3 Å². The molecule has 9 heteroatoms. The van der Waals surface area contributed by atoms with Gasteiger partial charge in [0.2, 0.25) is 5.13 Å². The van der Waals surface area contributed by atoms with E-state index in [1.807, 2.05) is 16.9 Å². The van der Waals surface area contributed by atoms with Crippen LogP contribution in [0.2, 0.25) is 0 Å². The molecule has 0 radical (unpaired) electrons. The Hall–Kier alpha value is -0.960. The topological polar surface area (TPSA) is 95.8 Å². The number of carboxylic acid groups (broad SMARTS) is 1. The molecular formula is C10H10N5NaO2S. The van der Waals surface area contributed by atoms with Gasteiger partial charge in [-0.3, -0.25) is 4.68 Å². The number of carbonyl (C=O) groups is 1. The molecule has 2 aromatic rings. The fourth-order valence-electron chi connectivity index (χ4n) is 1.73. The van der Waals surface area contributed by atoms with Crippen molar-refractivity contribution in [3.05, 3.63) is 17.3 Å². The second-order valence-electron chi connectivity index (χ2n) is 4.09. The van der Waals surface area contributed by atoms with E-state index >= 15 is 0 Å². The zero-order valence-electron chi connectivity index (χ0n) is 10.4. The minimum atomic E-state index is -1.32. The summed E-state index contributed by atoms with van der Waals surface area (Å²) < 4.78 is 1.92. The molecule has 19 heavy (non-hydrogen) atoms. The average molecular weight is 287 g/mol. The van der Waals surface area contributed by atoms with E-state index in [0.29, 0.717) is 17.0 Å². The number of rotatable bonds is 4. The molecule has 0 unspecified atom stereocenters. The van der Waals surface area contributed by atoms with E-state index in [2.05, 4.69) is 20.6 Å². The summed E-state index contributed by atoms with van der Waals surface area (Å²) in [4.78, 5) is 10.6. The maximum Gasteiger partial charge on any atom is 1.00 e. The van der Waals surface area contributed by atoms with Crippen molar-refractivity contribution in [2.24, 2.45) is 0 Å². The summed E-state index contributed by atoms with van der Waals surface area (Å²) in [5.41, 5.74) is 0. The Morgan fingerprint density at radius 2 is 2.26 bits per heavy atom. The molecule has 0 saturated heterocycles. The maximum absolute atomic E-state index is 10.6.